The molecular formula is C19H32IN3O3. The van der Waals surface area contributed by atoms with E-state index in [1.165, 1.54) is 14.2 Å². The first-order chi connectivity index (χ1) is 12.1. The number of nitrogens with zero attached hydrogens (tertiary/aromatic N) is 1. The highest BCUT2D eigenvalue weighted by Crippen LogP contribution is 2.21. The molecule has 0 radical (unpaired) electrons. The molecule has 0 aliphatic heterocycles. The Balaban J connectivity index is 0.00000625. The van der Waals surface area contributed by atoms with Gasteiger partial charge >= 0.3 is 5.97 Å². The molecule has 148 valence electrons. The Morgan fingerprint density at radius 3 is 2.38 bits per heavy atom. The summed E-state index contributed by atoms with van der Waals surface area (Å²) in [6.07, 6.45) is 2.29. The van der Waals surface area contributed by atoms with Crippen molar-refractivity contribution in [1.82, 2.24) is 10.6 Å². The molecule has 0 bridgehead atoms. The molecule has 0 heterocycles. The van der Waals surface area contributed by atoms with Gasteiger partial charge in [0.15, 0.2) is 5.96 Å². The summed E-state index contributed by atoms with van der Waals surface area (Å²) in [5.41, 5.74) is 1.33. The molecule has 1 aromatic carbocycles. The van der Waals surface area contributed by atoms with Crippen molar-refractivity contribution in [2.75, 3.05) is 27.3 Å². The van der Waals surface area contributed by atoms with E-state index in [9.17, 15) is 4.79 Å². The Morgan fingerprint density at radius 2 is 1.85 bits per heavy atom. The van der Waals surface area contributed by atoms with Crippen LogP contribution in [0.4, 0.5) is 0 Å². The van der Waals surface area contributed by atoms with Crippen LogP contribution in [-0.2, 0) is 11.3 Å². The standard InChI is InChI=1S/C19H31N3O3.HI/c1-6-14(7-2)12-21-19(20-8-3)22-13-15-9-10-17(24-4)16(11-15)18(23)25-5;/h9-11,14H,6-8,12-13H2,1-5H3,(H2,20,21,22);1H. The number of methoxy groups -OCH3 is 2. The van der Waals surface area contributed by atoms with Crippen molar-refractivity contribution in [2.45, 2.75) is 40.2 Å². The molecule has 0 atom stereocenters. The first kappa shape index (κ1) is 24.5. The van der Waals surface area contributed by atoms with Crippen molar-refractivity contribution in [1.29, 1.82) is 0 Å². The van der Waals surface area contributed by atoms with Gasteiger partial charge in [0.25, 0.3) is 0 Å². The molecule has 2 N–H and O–H groups in total. The van der Waals surface area contributed by atoms with E-state index in [1.807, 2.05) is 13.0 Å². The van der Waals surface area contributed by atoms with Crippen LogP contribution < -0.4 is 15.4 Å². The Labute approximate surface area is 174 Å². The fourth-order valence-electron chi connectivity index (χ4n) is 2.45. The van der Waals surface area contributed by atoms with Gasteiger partial charge in [0, 0.05) is 13.1 Å². The lowest BCUT2D eigenvalue weighted by atomic mass is 10.0. The Morgan fingerprint density at radius 1 is 1.15 bits per heavy atom. The molecule has 7 heteroatoms. The van der Waals surface area contributed by atoms with E-state index in [0.717, 1.165) is 37.5 Å². The molecule has 0 aromatic heterocycles. The van der Waals surface area contributed by atoms with Crippen molar-refractivity contribution >= 4 is 35.9 Å². The molecule has 1 aromatic rings. The van der Waals surface area contributed by atoms with E-state index in [-0.39, 0.29) is 24.0 Å². The highest BCUT2D eigenvalue weighted by atomic mass is 127. The molecule has 0 unspecified atom stereocenters. The molecule has 0 saturated heterocycles. The molecular weight excluding hydrogens is 445 g/mol. The summed E-state index contributed by atoms with van der Waals surface area (Å²) in [6, 6.07) is 5.43. The maximum Gasteiger partial charge on any atom is 0.341 e. The van der Waals surface area contributed by atoms with Crippen molar-refractivity contribution in [3.8, 4) is 5.75 Å². The van der Waals surface area contributed by atoms with Crippen LogP contribution in [0.2, 0.25) is 0 Å². The van der Waals surface area contributed by atoms with Gasteiger partial charge < -0.3 is 20.1 Å². The van der Waals surface area contributed by atoms with Gasteiger partial charge in [-0.15, -0.1) is 24.0 Å². The number of esters is 1. The minimum atomic E-state index is -0.415. The number of hydrogen-bond acceptors (Lipinski definition) is 4. The summed E-state index contributed by atoms with van der Waals surface area (Å²) in [4.78, 5) is 16.5. The quantitative estimate of drug-likeness (QED) is 0.246. The Hall–Kier alpha value is -1.51. The van der Waals surface area contributed by atoms with Gasteiger partial charge in [-0.25, -0.2) is 9.79 Å². The minimum Gasteiger partial charge on any atom is -0.496 e. The lowest BCUT2D eigenvalue weighted by Crippen LogP contribution is -2.39. The summed E-state index contributed by atoms with van der Waals surface area (Å²) in [5.74, 6) is 1.50. The van der Waals surface area contributed by atoms with Gasteiger partial charge in [-0.2, -0.15) is 0 Å². The Kier molecular flexibility index (Phi) is 12.9. The second-order valence-corrected chi connectivity index (χ2v) is 5.78. The predicted octanol–water partition coefficient (Wildman–Crippen LogP) is 3.59. The van der Waals surface area contributed by atoms with Crippen molar-refractivity contribution in [3.05, 3.63) is 29.3 Å². The highest BCUT2D eigenvalue weighted by Gasteiger charge is 2.13. The van der Waals surface area contributed by atoms with Crippen LogP contribution in [0.15, 0.2) is 23.2 Å². The zero-order valence-corrected chi connectivity index (χ0v) is 18.8. The third-order valence-electron chi connectivity index (χ3n) is 4.15. The van der Waals surface area contributed by atoms with E-state index in [2.05, 4.69) is 29.5 Å². The lowest BCUT2D eigenvalue weighted by Gasteiger charge is -2.16. The van der Waals surface area contributed by atoms with E-state index >= 15 is 0 Å². The SMILES string of the molecule is CCNC(=NCc1ccc(OC)c(C(=O)OC)c1)NCC(CC)CC.I. The van der Waals surface area contributed by atoms with Crippen LogP contribution >= 0.6 is 24.0 Å². The van der Waals surface area contributed by atoms with Crippen LogP contribution in [0.1, 0.15) is 49.5 Å². The van der Waals surface area contributed by atoms with Crippen LogP contribution in [0.5, 0.6) is 5.75 Å². The van der Waals surface area contributed by atoms with E-state index in [0.29, 0.717) is 23.8 Å². The summed E-state index contributed by atoms with van der Waals surface area (Å²) in [7, 11) is 2.89. The van der Waals surface area contributed by atoms with Gasteiger partial charge in [0.05, 0.1) is 20.8 Å². The van der Waals surface area contributed by atoms with Gasteiger partial charge in [-0.05, 0) is 30.5 Å². The van der Waals surface area contributed by atoms with E-state index < -0.39 is 5.97 Å². The Bertz CT molecular complexity index is 575. The summed E-state index contributed by atoms with van der Waals surface area (Å²) in [6.45, 7) is 8.60. The average Bonchev–Trinajstić information content (AvgIpc) is 2.65. The lowest BCUT2D eigenvalue weighted by molar-refractivity contribution is 0.0597. The average molecular weight is 477 g/mol. The smallest absolute Gasteiger partial charge is 0.341 e. The number of hydrogen-bond donors (Lipinski definition) is 2. The predicted molar refractivity (Wildman–Crippen MR) is 117 cm³/mol. The fourth-order valence-corrected chi connectivity index (χ4v) is 2.45. The largest absolute Gasteiger partial charge is 0.496 e. The van der Waals surface area contributed by atoms with Crippen LogP contribution in [0.25, 0.3) is 0 Å². The summed E-state index contributed by atoms with van der Waals surface area (Å²) >= 11 is 0. The topological polar surface area (TPSA) is 72.0 Å². The summed E-state index contributed by atoms with van der Waals surface area (Å²) < 4.78 is 10.0. The van der Waals surface area contributed by atoms with Crippen LogP contribution in [0.3, 0.4) is 0 Å². The first-order valence-electron chi connectivity index (χ1n) is 8.86. The molecule has 6 nitrogen and oxygen atoms in total. The normalized spacial score (nSPS) is 10.9. The van der Waals surface area contributed by atoms with Crippen molar-refractivity contribution < 1.29 is 14.3 Å². The van der Waals surface area contributed by atoms with Gasteiger partial charge in [-0.3, -0.25) is 0 Å². The monoisotopic (exact) mass is 477 g/mol. The minimum absolute atomic E-state index is 0. The van der Waals surface area contributed by atoms with Gasteiger partial charge in [0.2, 0.25) is 0 Å². The number of guanidine groups is 1. The molecule has 1 rings (SSSR count). The van der Waals surface area contributed by atoms with Crippen LogP contribution in [0, 0.1) is 5.92 Å². The van der Waals surface area contributed by atoms with Gasteiger partial charge in [-0.1, -0.05) is 32.8 Å². The summed E-state index contributed by atoms with van der Waals surface area (Å²) in [5, 5.41) is 6.64. The number of carbonyl (C=O) groups is 1. The number of carbonyl (C=O) groups excluding carboxylic acids is 1. The van der Waals surface area contributed by atoms with E-state index in [4.69, 9.17) is 9.47 Å². The van der Waals surface area contributed by atoms with Crippen molar-refractivity contribution in [2.24, 2.45) is 10.9 Å². The number of halogens is 1. The highest BCUT2D eigenvalue weighted by molar-refractivity contribution is 14.0. The maximum atomic E-state index is 11.9. The molecule has 0 aliphatic rings. The molecule has 0 fully saturated rings. The number of benzene rings is 1. The van der Waals surface area contributed by atoms with Crippen LogP contribution in [-0.4, -0.2) is 39.2 Å². The number of aliphatic imine (C=N–C) groups is 1. The zero-order valence-electron chi connectivity index (χ0n) is 16.4. The molecule has 0 saturated carbocycles. The zero-order chi connectivity index (χ0) is 18.7. The first-order valence-corrected chi connectivity index (χ1v) is 8.86. The fraction of sp³-hybridized carbons (Fsp3) is 0.579. The molecule has 0 amide bonds. The van der Waals surface area contributed by atoms with E-state index in [1.54, 1.807) is 12.1 Å². The molecule has 0 spiro atoms. The third kappa shape index (κ3) is 7.80. The second-order valence-electron chi connectivity index (χ2n) is 5.78. The maximum absolute atomic E-state index is 11.9. The molecule has 0 aliphatic carbocycles. The van der Waals surface area contributed by atoms with Crippen molar-refractivity contribution in [3.63, 3.8) is 0 Å². The number of nitrogens with one attached hydrogen (secondary N) is 2. The third-order valence-corrected chi connectivity index (χ3v) is 4.15. The second kappa shape index (κ2) is 13.7. The van der Waals surface area contributed by atoms with Gasteiger partial charge in [0.1, 0.15) is 11.3 Å². The molecule has 26 heavy (non-hydrogen) atoms. The number of ether oxygens (including phenoxy) is 2. The number of rotatable bonds is 9.